The van der Waals surface area contributed by atoms with Gasteiger partial charge in [-0.25, -0.2) is 0 Å². The van der Waals surface area contributed by atoms with E-state index in [4.69, 9.17) is 0 Å². The minimum atomic E-state index is 0.692. The monoisotopic (exact) mass is 291 g/mol. The second kappa shape index (κ2) is 8.57. The fourth-order valence-corrected chi connectivity index (χ4v) is 3.78. The van der Waals surface area contributed by atoms with Crippen LogP contribution >= 0.6 is 0 Å². The Morgan fingerprint density at radius 1 is 1.29 bits per heavy atom. The van der Waals surface area contributed by atoms with Crippen molar-refractivity contribution < 1.29 is 0 Å². The predicted molar refractivity (Wildman–Crippen MR) is 89.3 cm³/mol. The molecule has 1 unspecified atom stereocenters. The molecular weight excluding hydrogens is 258 g/mol. The summed E-state index contributed by atoms with van der Waals surface area (Å²) in [4.78, 5) is 0. The normalized spacial score (nSPS) is 24.1. The summed E-state index contributed by atoms with van der Waals surface area (Å²) in [5.41, 5.74) is 1.36. The number of aromatic nitrogens is 2. The fourth-order valence-electron chi connectivity index (χ4n) is 3.78. The Labute approximate surface area is 130 Å². The highest BCUT2D eigenvalue weighted by atomic mass is 15.2. The van der Waals surface area contributed by atoms with Crippen LogP contribution in [0.3, 0.4) is 0 Å². The van der Waals surface area contributed by atoms with E-state index in [2.05, 4.69) is 37.4 Å². The van der Waals surface area contributed by atoms with Crippen molar-refractivity contribution in [3.8, 4) is 0 Å². The summed E-state index contributed by atoms with van der Waals surface area (Å²) in [6.07, 6.45) is 12.6. The number of nitrogens with one attached hydrogen (secondary N) is 1. The van der Waals surface area contributed by atoms with Crippen molar-refractivity contribution in [2.75, 3.05) is 6.54 Å². The molecule has 0 aliphatic heterocycles. The second-order valence-electron chi connectivity index (χ2n) is 6.73. The minimum absolute atomic E-state index is 0.692. The average molecular weight is 291 g/mol. The average Bonchev–Trinajstić information content (AvgIpc) is 2.93. The van der Waals surface area contributed by atoms with Gasteiger partial charge in [0.05, 0.1) is 0 Å². The number of rotatable bonds is 8. The van der Waals surface area contributed by atoms with Crippen LogP contribution < -0.4 is 5.32 Å². The van der Waals surface area contributed by atoms with E-state index in [1.54, 1.807) is 0 Å². The van der Waals surface area contributed by atoms with E-state index in [-0.39, 0.29) is 0 Å². The van der Waals surface area contributed by atoms with Gasteiger partial charge < -0.3 is 5.32 Å². The quantitative estimate of drug-likeness (QED) is 0.786. The molecule has 1 aromatic rings. The van der Waals surface area contributed by atoms with Gasteiger partial charge in [-0.3, -0.25) is 4.68 Å². The summed E-state index contributed by atoms with van der Waals surface area (Å²) in [7, 11) is 2.05. The van der Waals surface area contributed by atoms with Crippen molar-refractivity contribution >= 4 is 0 Å². The highest BCUT2D eigenvalue weighted by Crippen LogP contribution is 2.33. The van der Waals surface area contributed by atoms with Crippen molar-refractivity contribution in [1.82, 2.24) is 15.1 Å². The summed E-state index contributed by atoms with van der Waals surface area (Å²) in [6.45, 7) is 5.77. The largest absolute Gasteiger partial charge is 0.314 e. The summed E-state index contributed by atoms with van der Waals surface area (Å²) < 4.78 is 2.02. The van der Waals surface area contributed by atoms with Crippen molar-refractivity contribution in [3.05, 3.63) is 18.0 Å². The van der Waals surface area contributed by atoms with Crippen LogP contribution in [0.15, 0.2) is 12.3 Å². The Kier molecular flexibility index (Phi) is 6.75. The van der Waals surface area contributed by atoms with Crippen LogP contribution in [0.25, 0.3) is 0 Å². The smallest absolute Gasteiger partial charge is 0.0492 e. The van der Waals surface area contributed by atoms with Crippen LogP contribution in [-0.2, 0) is 13.5 Å². The highest BCUT2D eigenvalue weighted by Gasteiger charge is 2.26. The third kappa shape index (κ3) is 4.84. The molecule has 120 valence electrons. The maximum atomic E-state index is 4.29. The molecule has 0 spiro atoms. The van der Waals surface area contributed by atoms with Gasteiger partial charge in [0.1, 0.15) is 0 Å². The lowest BCUT2D eigenvalue weighted by atomic mass is 9.76. The molecule has 0 aromatic carbocycles. The Morgan fingerprint density at radius 2 is 2.05 bits per heavy atom. The van der Waals surface area contributed by atoms with Gasteiger partial charge in [0, 0.05) is 25.0 Å². The second-order valence-corrected chi connectivity index (χ2v) is 6.73. The molecule has 2 rings (SSSR count). The maximum absolute atomic E-state index is 4.29. The summed E-state index contributed by atoms with van der Waals surface area (Å²) in [6, 6.07) is 2.85. The van der Waals surface area contributed by atoms with Crippen LogP contribution in [0.2, 0.25) is 0 Å². The number of nitrogens with zero attached hydrogens (tertiary/aromatic N) is 2. The molecule has 1 atom stereocenters. The predicted octanol–water partition coefficient (Wildman–Crippen LogP) is 3.94. The molecule has 1 aliphatic carbocycles. The summed E-state index contributed by atoms with van der Waals surface area (Å²) >= 11 is 0. The molecule has 21 heavy (non-hydrogen) atoms. The molecule has 3 heteroatoms. The molecule has 1 N–H and O–H groups in total. The van der Waals surface area contributed by atoms with E-state index in [1.165, 1.54) is 50.6 Å². The molecule has 1 aromatic heterocycles. The zero-order chi connectivity index (χ0) is 15.1. The van der Waals surface area contributed by atoms with Gasteiger partial charge in [0.25, 0.3) is 0 Å². The zero-order valence-corrected chi connectivity index (χ0v) is 14.1. The Bertz CT molecular complexity index is 391. The molecule has 1 heterocycles. The molecule has 3 nitrogen and oxygen atoms in total. The van der Waals surface area contributed by atoms with Crippen LogP contribution in [0.4, 0.5) is 0 Å². The highest BCUT2D eigenvalue weighted by molar-refractivity contribution is 5.01. The first-order valence-electron chi connectivity index (χ1n) is 8.94. The van der Waals surface area contributed by atoms with Gasteiger partial charge in [0.15, 0.2) is 0 Å². The molecular formula is C18H33N3. The number of hydrogen-bond donors (Lipinski definition) is 1. The van der Waals surface area contributed by atoms with Gasteiger partial charge in [-0.15, -0.1) is 0 Å². The first kappa shape index (κ1) is 16.5. The lowest BCUT2D eigenvalue weighted by Gasteiger charge is -2.34. The number of aryl methyl sites for hydroxylation is 2. The van der Waals surface area contributed by atoms with Gasteiger partial charge in [-0.1, -0.05) is 33.1 Å². The van der Waals surface area contributed by atoms with E-state index >= 15 is 0 Å². The van der Waals surface area contributed by atoms with Crippen LogP contribution in [0.5, 0.6) is 0 Å². The molecule has 1 fully saturated rings. The lowest BCUT2D eigenvalue weighted by Crippen LogP contribution is -2.39. The molecule has 0 bridgehead atoms. The van der Waals surface area contributed by atoms with Crippen LogP contribution in [0.1, 0.15) is 64.5 Å². The van der Waals surface area contributed by atoms with E-state index < -0.39 is 0 Å². The van der Waals surface area contributed by atoms with Gasteiger partial charge in [-0.05, 0) is 56.6 Å². The third-order valence-corrected chi connectivity index (χ3v) is 5.33. The third-order valence-electron chi connectivity index (χ3n) is 5.33. The zero-order valence-electron chi connectivity index (χ0n) is 14.1. The van der Waals surface area contributed by atoms with Crippen molar-refractivity contribution in [2.24, 2.45) is 18.9 Å². The van der Waals surface area contributed by atoms with Crippen LogP contribution in [0, 0.1) is 11.8 Å². The van der Waals surface area contributed by atoms with E-state index in [1.807, 2.05) is 10.9 Å². The van der Waals surface area contributed by atoms with Crippen molar-refractivity contribution in [3.63, 3.8) is 0 Å². The standard InChI is InChI=1S/C18H33N3/c1-4-13-19-18(11-10-17-12-14-20-21(17)3)16-8-6-15(5-2)7-9-16/h12,14-16,18-19H,4-11,13H2,1-3H3. The van der Waals surface area contributed by atoms with Gasteiger partial charge in [-0.2, -0.15) is 5.10 Å². The Morgan fingerprint density at radius 3 is 2.62 bits per heavy atom. The molecule has 0 amide bonds. The number of hydrogen-bond acceptors (Lipinski definition) is 2. The molecule has 1 aliphatic rings. The van der Waals surface area contributed by atoms with E-state index in [0.717, 1.165) is 24.8 Å². The first-order chi connectivity index (χ1) is 10.2. The topological polar surface area (TPSA) is 29.9 Å². The SMILES string of the molecule is CCCNC(CCc1ccnn1C)C1CCC(CC)CC1. The van der Waals surface area contributed by atoms with Crippen LogP contribution in [-0.4, -0.2) is 22.4 Å². The minimum Gasteiger partial charge on any atom is -0.314 e. The molecule has 1 saturated carbocycles. The molecule has 0 saturated heterocycles. The first-order valence-corrected chi connectivity index (χ1v) is 8.94. The van der Waals surface area contributed by atoms with Crippen molar-refractivity contribution in [1.29, 1.82) is 0 Å². The Hall–Kier alpha value is -0.830. The summed E-state index contributed by atoms with van der Waals surface area (Å²) in [5.74, 6) is 1.87. The van der Waals surface area contributed by atoms with Gasteiger partial charge >= 0.3 is 0 Å². The van der Waals surface area contributed by atoms with E-state index in [0.29, 0.717) is 6.04 Å². The fraction of sp³-hybridized carbons (Fsp3) is 0.833. The van der Waals surface area contributed by atoms with E-state index in [9.17, 15) is 0 Å². The van der Waals surface area contributed by atoms with Crippen molar-refractivity contribution in [2.45, 2.75) is 71.3 Å². The Balaban J connectivity index is 1.87. The lowest BCUT2D eigenvalue weighted by molar-refractivity contribution is 0.210. The molecule has 0 radical (unpaired) electrons. The maximum Gasteiger partial charge on any atom is 0.0492 e. The van der Waals surface area contributed by atoms with Gasteiger partial charge in [0.2, 0.25) is 0 Å². The summed E-state index contributed by atoms with van der Waals surface area (Å²) in [5, 5.41) is 8.11.